The molecule has 1 fully saturated rings. The number of nitrogen functional groups attached to an aromatic ring is 1. The molecule has 2 N–H and O–H groups in total. The second-order valence-electron chi connectivity index (χ2n) is 7.45. The maximum atomic E-state index is 13.7. The van der Waals surface area contributed by atoms with Gasteiger partial charge in [0.25, 0.3) is 0 Å². The Kier molecular flexibility index (Phi) is 5.81. The lowest BCUT2D eigenvalue weighted by atomic mass is 9.87. The van der Waals surface area contributed by atoms with Crippen molar-refractivity contribution in [3.8, 4) is 11.1 Å². The van der Waals surface area contributed by atoms with Gasteiger partial charge in [0.2, 0.25) is 0 Å². The molecule has 1 aliphatic rings. The van der Waals surface area contributed by atoms with E-state index >= 15 is 0 Å². The van der Waals surface area contributed by atoms with Gasteiger partial charge in [-0.1, -0.05) is 57.9 Å². The number of alkyl halides is 1. The third kappa shape index (κ3) is 4.13. The van der Waals surface area contributed by atoms with Gasteiger partial charge < -0.3 is 15.4 Å². The number of rotatable bonds is 6. The lowest BCUT2D eigenvalue weighted by Crippen LogP contribution is -2.51. The molecule has 0 amide bonds. The maximum absolute atomic E-state index is 13.7. The first-order valence-electron chi connectivity index (χ1n) is 9.33. The fourth-order valence-corrected chi connectivity index (χ4v) is 4.35. The topological polar surface area (TPSA) is 38.5 Å². The third-order valence-electron chi connectivity index (χ3n) is 5.19. The van der Waals surface area contributed by atoms with Gasteiger partial charge in [-0.25, -0.2) is 4.39 Å². The van der Waals surface area contributed by atoms with Gasteiger partial charge in [-0.3, -0.25) is 0 Å². The molecular weight excluding hydrogens is 455 g/mol. The van der Waals surface area contributed by atoms with Gasteiger partial charge in [0.05, 0.1) is 23.9 Å². The van der Waals surface area contributed by atoms with Gasteiger partial charge in [-0.15, -0.1) is 0 Å². The molecule has 0 unspecified atom stereocenters. The van der Waals surface area contributed by atoms with E-state index in [4.69, 9.17) is 22.1 Å². The van der Waals surface area contributed by atoms with Crippen LogP contribution in [0.3, 0.4) is 0 Å². The van der Waals surface area contributed by atoms with Gasteiger partial charge in [0, 0.05) is 34.2 Å². The fraction of sp³-hybridized carbons (Fsp3) is 0.217. The van der Waals surface area contributed by atoms with Crippen LogP contribution in [0.15, 0.2) is 66.7 Å². The Bertz CT molecular complexity index is 1010. The molecule has 29 heavy (non-hydrogen) atoms. The molecule has 0 aliphatic carbocycles. The number of hydrogen-bond acceptors (Lipinski definition) is 3. The molecule has 3 aromatic rings. The summed E-state index contributed by atoms with van der Waals surface area (Å²) in [5.74, 6) is -0.360. The summed E-state index contributed by atoms with van der Waals surface area (Å²) in [4.78, 5) is 2.15. The highest BCUT2D eigenvalue weighted by Gasteiger charge is 2.40. The number of halogens is 3. The molecule has 1 saturated heterocycles. The number of nitrogens with two attached hydrogens (primary N) is 1. The molecule has 6 heteroatoms. The number of benzene rings is 3. The van der Waals surface area contributed by atoms with Crippen LogP contribution in [0.1, 0.15) is 0 Å². The van der Waals surface area contributed by atoms with Crippen molar-refractivity contribution in [3.05, 3.63) is 77.6 Å². The van der Waals surface area contributed by atoms with Gasteiger partial charge in [-0.05, 0) is 42.0 Å². The van der Waals surface area contributed by atoms with Crippen LogP contribution in [0, 0.1) is 11.2 Å². The first kappa shape index (κ1) is 20.2. The summed E-state index contributed by atoms with van der Waals surface area (Å²) in [5, 5.41) is 1.16. The van der Waals surface area contributed by atoms with Crippen LogP contribution in [0.4, 0.5) is 21.5 Å². The van der Waals surface area contributed by atoms with Crippen LogP contribution in [0.5, 0.6) is 0 Å². The van der Waals surface area contributed by atoms with Crippen LogP contribution in [0.2, 0.25) is 5.02 Å². The maximum Gasteiger partial charge on any atom is 0.124 e. The van der Waals surface area contributed by atoms with Crippen molar-refractivity contribution >= 4 is 44.6 Å². The van der Waals surface area contributed by atoms with Crippen LogP contribution in [-0.2, 0) is 4.74 Å². The highest BCUT2D eigenvalue weighted by Crippen LogP contribution is 2.43. The average molecular weight is 476 g/mol. The molecule has 1 aliphatic heterocycles. The van der Waals surface area contributed by atoms with Crippen molar-refractivity contribution in [2.45, 2.75) is 0 Å². The highest BCUT2D eigenvalue weighted by molar-refractivity contribution is 9.09. The molecule has 0 bridgehead atoms. The van der Waals surface area contributed by atoms with E-state index in [1.165, 1.54) is 12.1 Å². The van der Waals surface area contributed by atoms with E-state index in [0.717, 1.165) is 27.8 Å². The molecule has 3 aromatic carbocycles. The summed E-state index contributed by atoms with van der Waals surface area (Å²) in [5.41, 5.74) is 10.5. The summed E-state index contributed by atoms with van der Waals surface area (Å²) in [6.45, 7) is 1.99. The molecule has 0 radical (unpaired) electrons. The minimum absolute atomic E-state index is 0.0486. The van der Waals surface area contributed by atoms with Crippen molar-refractivity contribution in [3.63, 3.8) is 0 Å². The minimum Gasteiger partial charge on any atom is -0.399 e. The summed E-state index contributed by atoms with van der Waals surface area (Å²) >= 11 is 10.1. The molecular formula is C23H21BrClFN2O. The quantitative estimate of drug-likeness (QED) is 0.337. The van der Waals surface area contributed by atoms with Crippen LogP contribution >= 0.6 is 27.5 Å². The van der Waals surface area contributed by atoms with E-state index in [9.17, 15) is 4.39 Å². The Morgan fingerprint density at radius 2 is 1.76 bits per heavy atom. The van der Waals surface area contributed by atoms with Gasteiger partial charge >= 0.3 is 0 Å². The van der Waals surface area contributed by atoms with Crippen molar-refractivity contribution in [1.82, 2.24) is 0 Å². The molecule has 4 rings (SSSR count). The van der Waals surface area contributed by atoms with Crippen molar-refractivity contribution in [2.75, 3.05) is 35.7 Å². The van der Waals surface area contributed by atoms with Crippen LogP contribution < -0.4 is 10.6 Å². The van der Waals surface area contributed by atoms with E-state index in [2.05, 4.69) is 33.0 Å². The smallest absolute Gasteiger partial charge is 0.124 e. The van der Waals surface area contributed by atoms with E-state index in [1.807, 2.05) is 36.4 Å². The van der Waals surface area contributed by atoms with Gasteiger partial charge in [0.15, 0.2) is 0 Å². The Morgan fingerprint density at radius 1 is 1.03 bits per heavy atom. The van der Waals surface area contributed by atoms with E-state index in [0.29, 0.717) is 30.5 Å². The Hall–Kier alpha value is -2.08. The number of ether oxygens (including phenoxy) is 1. The second kappa shape index (κ2) is 8.34. The first-order valence-corrected chi connectivity index (χ1v) is 10.8. The van der Waals surface area contributed by atoms with Crippen molar-refractivity contribution in [1.29, 1.82) is 0 Å². The monoisotopic (exact) mass is 474 g/mol. The average Bonchev–Trinajstić information content (AvgIpc) is 2.69. The van der Waals surface area contributed by atoms with Crippen molar-refractivity contribution < 1.29 is 9.13 Å². The number of anilines is 3. The molecule has 3 nitrogen and oxygen atoms in total. The van der Waals surface area contributed by atoms with E-state index < -0.39 is 0 Å². The summed E-state index contributed by atoms with van der Waals surface area (Å²) < 4.78 is 19.3. The van der Waals surface area contributed by atoms with Crippen LogP contribution in [0.25, 0.3) is 11.1 Å². The SMILES string of the molecule is Nc1ccc(N(CC2(CBr)COC2)c2ccc(F)cc2Cl)c(-c2ccccc2)c1. The molecule has 150 valence electrons. The largest absolute Gasteiger partial charge is 0.399 e. The molecule has 0 atom stereocenters. The summed E-state index contributed by atoms with van der Waals surface area (Å²) in [6, 6.07) is 20.4. The predicted octanol–water partition coefficient (Wildman–Crippen LogP) is 6.28. The standard InChI is InChI=1S/C23H21BrClFN2O/c24-12-23(14-29-15-23)13-28(22-8-6-17(26)10-20(22)25)21-9-7-18(27)11-19(21)16-4-2-1-3-5-16/h1-11H,12-15,27H2. The zero-order valence-corrected chi connectivity index (χ0v) is 18.1. The number of nitrogens with zero attached hydrogens (tertiary/aromatic N) is 1. The second-order valence-corrected chi connectivity index (χ2v) is 8.42. The zero-order valence-electron chi connectivity index (χ0n) is 15.7. The zero-order chi connectivity index (χ0) is 20.4. The van der Waals surface area contributed by atoms with E-state index in [-0.39, 0.29) is 11.2 Å². The normalized spacial score (nSPS) is 15.0. The predicted molar refractivity (Wildman–Crippen MR) is 122 cm³/mol. The summed E-state index contributed by atoms with van der Waals surface area (Å²) in [7, 11) is 0. The first-order chi connectivity index (χ1) is 14.0. The highest BCUT2D eigenvalue weighted by atomic mass is 79.9. The lowest BCUT2D eigenvalue weighted by molar-refractivity contribution is -0.0907. The van der Waals surface area contributed by atoms with E-state index in [1.54, 1.807) is 6.07 Å². The van der Waals surface area contributed by atoms with Crippen LogP contribution in [-0.4, -0.2) is 25.1 Å². The molecule has 1 heterocycles. The molecule has 0 saturated carbocycles. The number of hydrogen-bond donors (Lipinski definition) is 1. The van der Waals surface area contributed by atoms with Gasteiger partial charge in [-0.2, -0.15) is 0 Å². The third-order valence-corrected chi connectivity index (χ3v) is 6.68. The minimum atomic E-state index is -0.360. The Morgan fingerprint density at radius 3 is 2.38 bits per heavy atom. The van der Waals surface area contributed by atoms with Crippen molar-refractivity contribution in [2.24, 2.45) is 5.41 Å². The fourth-order valence-electron chi connectivity index (χ4n) is 3.58. The van der Waals surface area contributed by atoms with Gasteiger partial charge in [0.1, 0.15) is 5.82 Å². The lowest BCUT2D eigenvalue weighted by Gasteiger charge is -2.44. The Balaban J connectivity index is 1.87. The molecule has 0 aromatic heterocycles. The molecule has 0 spiro atoms. The Labute approximate surface area is 183 Å². The summed E-state index contributed by atoms with van der Waals surface area (Å²) in [6.07, 6.45) is 0.